The molecule has 0 unspecified atom stereocenters. The van der Waals surface area contributed by atoms with Gasteiger partial charge >= 0.3 is 0 Å². The third-order valence-corrected chi connectivity index (χ3v) is 6.88. The number of hydrogen-bond donors (Lipinski definition) is 1. The summed E-state index contributed by atoms with van der Waals surface area (Å²) in [6, 6.07) is 14.9. The fraction of sp³-hybridized carbons (Fsp3) is 0.444. The number of nitrogens with one attached hydrogen (secondary N) is 1. The number of aryl methyl sites for hydroxylation is 1. The van der Waals surface area contributed by atoms with Gasteiger partial charge in [-0.15, -0.1) is 0 Å². The average molecular weight is 433 g/mol. The summed E-state index contributed by atoms with van der Waals surface area (Å²) in [5.74, 6) is 1.93. The van der Waals surface area contributed by atoms with Crippen molar-refractivity contribution in [3.8, 4) is 11.5 Å². The smallest absolute Gasteiger partial charge is 0.251 e. The van der Waals surface area contributed by atoms with E-state index in [1.807, 2.05) is 19.1 Å². The maximum absolute atomic E-state index is 12.2. The Kier molecular flexibility index (Phi) is 6.17. The highest BCUT2D eigenvalue weighted by Gasteiger charge is 2.21. The predicted octanol–water partition coefficient (Wildman–Crippen LogP) is 4.87. The first-order chi connectivity index (χ1) is 15.7. The zero-order valence-electron chi connectivity index (χ0n) is 18.9. The molecule has 32 heavy (non-hydrogen) atoms. The van der Waals surface area contributed by atoms with E-state index >= 15 is 0 Å². The van der Waals surface area contributed by atoms with Gasteiger partial charge in [-0.05, 0) is 92.2 Å². The van der Waals surface area contributed by atoms with Crippen LogP contribution >= 0.6 is 0 Å². The number of hydrogen-bond acceptors (Lipinski definition) is 4. The van der Waals surface area contributed by atoms with Gasteiger partial charge in [-0.1, -0.05) is 25.5 Å². The first kappa shape index (κ1) is 21.1. The summed E-state index contributed by atoms with van der Waals surface area (Å²) in [7, 11) is 0. The fourth-order valence-corrected chi connectivity index (χ4v) is 5.05. The summed E-state index contributed by atoms with van der Waals surface area (Å²) in [4.78, 5) is 17.9. The second kappa shape index (κ2) is 9.37. The SMILES string of the molecule is CCc1cc2cc([C@@H](CCN3CCCCC3)c3ccc4c(c3)OCCO4)ccc2[nH]c1=O. The van der Waals surface area contributed by atoms with Crippen molar-refractivity contribution in [1.29, 1.82) is 0 Å². The summed E-state index contributed by atoms with van der Waals surface area (Å²) < 4.78 is 11.6. The molecular weight excluding hydrogens is 400 g/mol. The lowest BCUT2D eigenvalue weighted by Gasteiger charge is -2.29. The minimum atomic E-state index is 0.0150. The van der Waals surface area contributed by atoms with Crippen LogP contribution in [0.15, 0.2) is 47.3 Å². The number of rotatable bonds is 6. The first-order valence-corrected chi connectivity index (χ1v) is 12.0. The maximum atomic E-state index is 12.2. The molecule has 5 heteroatoms. The van der Waals surface area contributed by atoms with Crippen LogP contribution in [-0.2, 0) is 6.42 Å². The molecule has 0 saturated carbocycles. The Morgan fingerprint density at radius 3 is 2.50 bits per heavy atom. The summed E-state index contributed by atoms with van der Waals surface area (Å²) in [5.41, 5.74) is 4.28. The van der Waals surface area contributed by atoms with Crippen molar-refractivity contribution in [2.75, 3.05) is 32.8 Å². The number of aromatic amines is 1. The van der Waals surface area contributed by atoms with Crippen molar-refractivity contribution < 1.29 is 9.47 Å². The maximum Gasteiger partial charge on any atom is 0.251 e. The number of piperidine rings is 1. The second-order valence-electron chi connectivity index (χ2n) is 8.97. The summed E-state index contributed by atoms with van der Waals surface area (Å²) in [5, 5.41) is 1.10. The number of H-pyrrole nitrogens is 1. The molecule has 3 aromatic rings. The number of likely N-dealkylation sites (tertiary alicyclic amines) is 1. The quantitative estimate of drug-likeness (QED) is 0.604. The molecule has 5 rings (SSSR count). The first-order valence-electron chi connectivity index (χ1n) is 12.0. The number of nitrogens with zero attached hydrogens (tertiary/aromatic N) is 1. The molecule has 1 fully saturated rings. The van der Waals surface area contributed by atoms with Gasteiger partial charge in [0.15, 0.2) is 11.5 Å². The van der Waals surface area contributed by atoms with E-state index in [9.17, 15) is 4.79 Å². The lowest BCUT2D eigenvalue weighted by atomic mass is 9.87. The van der Waals surface area contributed by atoms with E-state index in [2.05, 4.69) is 40.2 Å². The number of fused-ring (bicyclic) bond motifs is 2. The van der Waals surface area contributed by atoms with Crippen LogP contribution in [0, 0.1) is 0 Å². The molecule has 1 saturated heterocycles. The zero-order valence-corrected chi connectivity index (χ0v) is 18.9. The molecule has 168 valence electrons. The number of pyridine rings is 1. The summed E-state index contributed by atoms with van der Waals surface area (Å²) in [6.07, 6.45) is 5.74. The Hall–Kier alpha value is -2.79. The van der Waals surface area contributed by atoms with Gasteiger partial charge in [0.2, 0.25) is 0 Å². The number of benzene rings is 2. The third-order valence-electron chi connectivity index (χ3n) is 6.88. The molecule has 0 aliphatic carbocycles. The molecule has 1 N–H and O–H groups in total. The molecular formula is C27H32N2O3. The van der Waals surface area contributed by atoms with Crippen molar-refractivity contribution in [2.45, 2.75) is 44.9 Å². The van der Waals surface area contributed by atoms with Crippen LogP contribution in [0.4, 0.5) is 0 Å². The van der Waals surface area contributed by atoms with Crippen LogP contribution in [-0.4, -0.2) is 42.7 Å². The van der Waals surface area contributed by atoms with Gasteiger partial charge in [0.05, 0.1) is 0 Å². The lowest BCUT2D eigenvalue weighted by Crippen LogP contribution is -2.31. The van der Waals surface area contributed by atoms with E-state index in [4.69, 9.17) is 9.47 Å². The highest BCUT2D eigenvalue weighted by atomic mass is 16.6. The van der Waals surface area contributed by atoms with Gasteiger partial charge < -0.3 is 19.4 Å². The van der Waals surface area contributed by atoms with E-state index < -0.39 is 0 Å². The fourth-order valence-electron chi connectivity index (χ4n) is 5.05. The molecule has 1 atom stereocenters. The Bertz CT molecular complexity index is 1150. The molecule has 3 heterocycles. The third kappa shape index (κ3) is 4.40. The number of ether oxygens (including phenoxy) is 2. The van der Waals surface area contributed by atoms with Gasteiger partial charge in [-0.2, -0.15) is 0 Å². The van der Waals surface area contributed by atoms with E-state index in [1.165, 1.54) is 43.5 Å². The molecule has 5 nitrogen and oxygen atoms in total. The molecule has 0 spiro atoms. The van der Waals surface area contributed by atoms with Crippen molar-refractivity contribution in [3.05, 3.63) is 69.5 Å². The Labute approximate surface area is 189 Å². The van der Waals surface area contributed by atoms with E-state index in [1.54, 1.807) is 0 Å². The van der Waals surface area contributed by atoms with Crippen LogP contribution in [0.25, 0.3) is 10.9 Å². The Morgan fingerprint density at radius 1 is 0.938 bits per heavy atom. The second-order valence-corrected chi connectivity index (χ2v) is 8.97. The highest BCUT2D eigenvalue weighted by Crippen LogP contribution is 2.37. The molecule has 2 aliphatic rings. The minimum Gasteiger partial charge on any atom is -0.486 e. The predicted molar refractivity (Wildman–Crippen MR) is 128 cm³/mol. The van der Waals surface area contributed by atoms with Crippen molar-refractivity contribution in [1.82, 2.24) is 9.88 Å². The largest absolute Gasteiger partial charge is 0.486 e. The monoisotopic (exact) mass is 432 g/mol. The normalized spacial score (nSPS) is 17.4. The molecule has 1 aromatic heterocycles. The topological polar surface area (TPSA) is 54.6 Å². The summed E-state index contributed by atoms with van der Waals surface area (Å²) in [6.45, 7) is 6.71. The summed E-state index contributed by atoms with van der Waals surface area (Å²) >= 11 is 0. The van der Waals surface area contributed by atoms with E-state index in [0.29, 0.717) is 13.2 Å². The van der Waals surface area contributed by atoms with Crippen LogP contribution in [0.1, 0.15) is 55.2 Å². The average Bonchev–Trinajstić information content (AvgIpc) is 2.84. The van der Waals surface area contributed by atoms with Crippen LogP contribution in [0.2, 0.25) is 0 Å². The van der Waals surface area contributed by atoms with Crippen LogP contribution in [0.3, 0.4) is 0 Å². The molecule has 0 bridgehead atoms. The molecule has 2 aliphatic heterocycles. The lowest BCUT2D eigenvalue weighted by molar-refractivity contribution is 0.171. The van der Waals surface area contributed by atoms with E-state index in [-0.39, 0.29) is 11.5 Å². The minimum absolute atomic E-state index is 0.0150. The van der Waals surface area contributed by atoms with Gasteiger partial charge in [-0.3, -0.25) is 4.79 Å². The van der Waals surface area contributed by atoms with Crippen LogP contribution in [0.5, 0.6) is 11.5 Å². The van der Waals surface area contributed by atoms with Gasteiger partial charge in [0.1, 0.15) is 13.2 Å². The number of aromatic nitrogens is 1. The molecule has 2 aromatic carbocycles. The van der Waals surface area contributed by atoms with Gasteiger partial charge in [-0.25, -0.2) is 0 Å². The van der Waals surface area contributed by atoms with Gasteiger partial charge in [0.25, 0.3) is 5.56 Å². The van der Waals surface area contributed by atoms with Crippen LogP contribution < -0.4 is 15.0 Å². The van der Waals surface area contributed by atoms with E-state index in [0.717, 1.165) is 47.4 Å². The molecule has 0 radical (unpaired) electrons. The highest BCUT2D eigenvalue weighted by molar-refractivity contribution is 5.80. The van der Waals surface area contributed by atoms with Crippen molar-refractivity contribution in [3.63, 3.8) is 0 Å². The van der Waals surface area contributed by atoms with Crippen molar-refractivity contribution >= 4 is 10.9 Å². The Balaban J connectivity index is 1.51. The van der Waals surface area contributed by atoms with Crippen molar-refractivity contribution in [2.24, 2.45) is 0 Å². The molecule has 0 amide bonds. The van der Waals surface area contributed by atoms with Gasteiger partial charge in [0, 0.05) is 17.0 Å². The standard InChI is InChI=1S/C27H32N2O3/c1-2-19-16-22-17-20(6-8-24(22)28-27(19)30)23(10-13-29-11-4-3-5-12-29)21-7-9-25-26(18-21)32-15-14-31-25/h6-9,16-18,23H,2-5,10-15H2,1H3,(H,28,30)/t23-/m1/s1. The Morgan fingerprint density at radius 2 is 1.69 bits per heavy atom. The zero-order chi connectivity index (χ0) is 21.9.